The summed E-state index contributed by atoms with van der Waals surface area (Å²) in [5, 5.41) is 20.6. The lowest BCUT2D eigenvalue weighted by molar-refractivity contribution is 0.0600. The van der Waals surface area contributed by atoms with Gasteiger partial charge in [-0.3, -0.25) is 0 Å². The van der Waals surface area contributed by atoms with Crippen LogP contribution in [-0.2, 0) is 4.74 Å². The molecule has 4 aromatic rings. The Morgan fingerprint density at radius 1 is 0.806 bits per heavy atom. The van der Waals surface area contributed by atoms with Crippen LogP contribution in [0.4, 0.5) is 0 Å². The number of hydrogen-bond donors (Lipinski definition) is 2. The van der Waals surface area contributed by atoms with E-state index in [0.29, 0.717) is 26.7 Å². The van der Waals surface area contributed by atoms with Crippen LogP contribution in [0.2, 0.25) is 0 Å². The quantitative estimate of drug-likeness (QED) is 0.405. The van der Waals surface area contributed by atoms with Gasteiger partial charge >= 0.3 is 5.97 Å². The number of benzene rings is 3. The van der Waals surface area contributed by atoms with E-state index in [-0.39, 0.29) is 29.0 Å². The van der Waals surface area contributed by atoms with E-state index in [2.05, 4.69) is 30.9 Å². The van der Waals surface area contributed by atoms with Crippen molar-refractivity contribution in [3.8, 4) is 45.7 Å². The minimum absolute atomic E-state index is 0.00683. The molecule has 0 aliphatic rings. The van der Waals surface area contributed by atoms with E-state index in [9.17, 15) is 15.0 Å². The summed E-state index contributed by atoms with van der Waals surface area (Å²) in [6.07, 6.45) is 0. The van der Waals surface area contributed by atoms with Gasteiger partial charge in [0.05, 0.1) is 23.8 Å². The van der Waals surface area contributed by atoms with Gasteiger partial charge in [-0.25, -0.2) is 19.7 Å². The number of rotatable bonds is 4. The Hall–Kier alpha value is -3.78. The maximum Gasteiger partial charge on any atom is 0.337 e. The number of carbonyl (C=O) groups excluding carboxylic acids is 1. The first-order valence-corrected chi connectivity index (χ1v) is 9.97. The van der Waals surface area contributed by atoms with E-state index in [4.69, 9.17) is 4.74 Å². The first kappa shape index (κ1) is 20.5. The van der Waals surface area contributed by atoms with Gasteiger partial charge in [-0.15, -0.1) is 0 Å². The van der Waals surface area contributed by atoms with Crippen molar-refractivity contribution in [2.24, 2.45) is 0 Å². The molecule has 154 valence electrons. The largest absolute Gasteiger partial charge is 0.507 e. The highest BCUT2D eigenvalue weighted by molar-refractivity contribution is 9.10. The van der Waals surface area contributed by atoms with Crippen LogP contribution in [0.5, 0.6) is 11.5 Å². The summed E-state index contributed by atoms with van der Waals surface area (Å²) in [6.45, 7) is 0. The van der Waals surface area contributed by atoms with E-state index in [1.165, 1.54) is 19.2 Å². The smallest absolute Gasteiger partial charge is 0.337 e. The monoisotopic (exact) mass is 477 g/mol. The summed E-state index contributed by atoms with van der Waals surface area (Å²) in [5.74, 6) is 0.220. The van der Waals surface area contributed by atoms with Gasteiger partial charge in [0.2, 0.25) is 0 Å². The van der Waals surface area contributed by atoms with Gasteiger partial charge in [-0.1, -0.05) is 40.2 Å². The van der Waals surface area contributed by atoms with Gasteiger partial charge in [0.1, 0.15) is 11.5 Å². The van der Waals surface area contributed by atoms with E-state index < -0.39 is 5.97 Å². The van der Waals surface area contributed by atoms with E-state index in [0.717, 1.165) is 0 Å². The number of phenolic OH excluding ortho intramolecular Hbond substituents is 2. The van der Waals surface area contributed by atoms with Crippen LogP contribution in [0.15, 0.2) is 71.2 Å². The Balaban J connectivity index is 1.97. The highest BCUT2D eigenvalue weighted by Crippen LogP contribution is 2.33. The van der Waals surface area contributed by atoms with Crippen molar-refractivity contribution in [2.45, 2.75) is 0 Å². The molecular weight excluding hydrogens is 462 g/mol. The third kappa shape index (κ3) is 4.24. The number of aromatic hydroxyl groups is 2. The average molecular weight is 478 g/mol. The Kier molecular flexibility index (Phi) is 5.64. The molecule has 4 rings (SSSR count). The highest BCUT2D eigenvalue weighted by Gasteiger charge is 2.17. The molecule has 8 heteroatoms. The lowest BCUT2D eigenvalue weighted by Crippen LogP contribution is -2.03. The van der Waals surface area contributed by atoms with Gasteiger partial charge < -0.3 is 14.9 Å². The molecule has 0 aliphatic carbocycles. The second-order valence-corrected chi connectivity index (χ2v) is 7.48. The van der Waals surface area contributed by atoms with Crippen molar-refractivity contribution in [3.63, 3.8) is 0 Å². The molecule has 7 nitrogen and oxygen atoms in total. The van der Waals surface area contributed by atoms with Gasteiger partial charge in [-0.2, -0.15) is 0 Å². The molecule has 0 amide bonds. The topological polar surface area (TPSA) is 105 Å². The number of hydrogen-bond acceptors (Lipinski definition) is 7. The molecular formula is C23H16BrN3O4. The molecule has 0 saturated heterocycles. The van der Waals surface area contributed by atoms with Gasteiger partial charge in [0, 0.05) is 10.0 Å². The lowest BCUT2D eigenvalue weighted by Gasteiger charge is -2.11. The number of halogens is 1. The Bertz CT molecular complexity index is 1230. The van der Waals surface area contributed by atoms with Crippen LogP contribution < -0.4 is 0 Å². The number of esters is 1. The molecule has 0 radical (unpaired) electrons. The fourth-order valence-corrected chi connectivity index (χ4v) is 3.52. The third-order valence-corrected chi connectivity index (χ3v) is 4.96. The third-order valence-electron chi connectivity index (χ3n) is 4.50. The summed E-state index contributed by atoms with van der Waals surface area (Å²) in [5.41, 5.74) is 1.67. The van der Waals surface area contributed by atoms with E-state index in [1.807, 2.05) is 0 Å². The number of methoxy groups -OCH3 is 1. The molecule has 3 aromatic carbocycles. The second-order valence-electron chi connectivity index (χ2n) is 6.56. The number of nitrogens with zero attached hydrogens (tertiary/aromatic N) is 3. The minimum Gasteiger partial charge on any atom is -0.507 e. The number of carbonyl (C=O) groups is 1. The highest BCUT2D eigenvalue weighted by atomic mass is 79.9. The summed E-state index contributed by atoms with van der Waals surface area (Å²) < 4.78 is 5.46. The Morgan fingerprint density at radius 3 is 1.84 bits per heavy atom. The fourth-order valence-electron chi connectivity index (χ4n) is 3.03. The number of ether oxygens (including phenoxy) is 1. The molecule has 2 N–H and O–H groups in total. The van der Waals surface area contributed by atoms with E-state index in [1.54, 1.807) is 54.6 Å². The number of phenols is 2. The molecule has 1 aromatic heterocycles. The van der Waals surface area contributed by atoms with Crippen molar-refractivity contribution < 1.29 is 19.7 Å². The summed E-state index contributed by atoms with van der Waals surface area (Å²) in [7, 11) is 1.30. The van der Waals surface area contributed by atoms with Gasteiger partial charge in [-0.05, 0) is 42.5 Å². The second kappa shape index (κ2) is 8.53. The van der Waals surface area contributed by atoms with Crippen molar-refractivity contribution in [2.75, 3.05) is 7.11 Å². The maximum absolute atomic E-state index is 12.1. The SMILES string of the molecule is COC(=O)c1cc(Br)cc(-c2nc(-c3ccccc3O)nc(-c3ccccc3O)n2)c1. The minimum atomic E-state index is -0.501. The molecule has 0 saturated carbocycles. The molecule has 0 atom stereocenters. The molecule has 0 fully saturated rings. The normalized spacial score (nSPS) is 10.6. The molecule has 31 heavy (non-hydrogen) atoms. The zero-order valence-electron chi connectivity index (χ0n) is 16.3. The van der Waals surface area contributed by atoms with Crippen LogP contribution in [-0.4, -0.2) is 38.2 Å². The molecule has 0 aliphatic heterocycles. The first-order chi connectivity index (χ1) is 15.0. The maximum atomic E-state index is 12.1. The standard InChI is InChI=1S/C23H16BrN3O4/c1-31-23(30)14-10-13(11-15(24)12-14)20-25-21(16-6-2-4-8-18(16)28)27-22(26-20)17-7-3-5-9-19(17)29/h2-12,28-29H,1H3. The van der Waals surface area contributed by atoms with Crippen LogP contribution in [0.1, 0.15) is 10.4 Å². The number of para-hydroxylation sites is 2. The van der Waals surface area contributed by atoms with Crippen LogP contribution >= 0.6 is 15.9 Å². The first-order valence-electron chi connectivity index (χ1n) is 9.18. The number of aromatic nitrogens is 3. The molecule has 1 heterocycles. The van der Waals surface area contributed by atoms with Crippen LogP contribution in [0.3, 0.4) is 0 Å². The predicted octanol–water partition coefficient (Wildman–Crippen LogP) is 4.83. The van der Waals surface area contributed by atoms with Crippen molar-refractivity contribution in [1.82, 2.24) is 15.0 Å². The van der Waals surface area contributed by atoms with Crippen molar-refractivity contribution in [1.29, 1.82) is 0 Å². The van der Waals surface area contributed by atoms with Crippen molar-refractivity contribution in [3.05, 3.63) is 76.8 Å². The summed E-state index contributed by atoms with van der Waals surface area (Å²) in [4.78, 5) is 25.6. The van der Waals surface area contributed by atoms with E-state index >= 15 is 0 Å². The Labute approximate surface area is 186 Å². The van der Waals surface area contributed by atoms with Gasteiger partial charge in [0.15, 0.2) is 17.5 Å². The summed E-state index contributed by atoms with van der Waals surface area (Å²) >= 11 is 3.40. The van der Waals surface area contributed by atoms with Crippen molar-refractivity contribution >= 4 is 21.9 Å². The predicted molar refractivity (Wildman–Crippen MR) is 119 cm³/mol. The average Bonchev–Trinajstić information content (AvgIpc) is 2.78. The lowest BCUT2D eigenvalue weighted by atomic mass is 10.1. The molecule has 0 bridgehead atoms. The van der Waals surface area contributed by atoms with Crippen LogP contribution in [0, 0.1) is 0 Å². The van der Waals surface area contributed by atoms with Gasteiger partial charge in [0.25, 0.3) is 0 Å². The zero-order chi connectivity index (χ0) is 22.0. The molecule has 0 unspecified atom stereocenters. The Morgan fingerprint density at radius 2 is 1.32 bits per heavy atom. The summed E-state index contributed by atoms with van der Waals surface area (Å²) in [6, 6.07) is 18.3. The zero-order valence-corrected chi connectivity index (χ0v) is 17.9. The van der Waals surface area contributed by atoms with Crippen LogP contribution in [0.25, 0.3) is 34.2 Å². The fraction of sp³-hybridized carbons (Fsp3) is 0.0435. The molecule has 0 spiro atoms.